The first kappa shape index (κ1) is 16.5. The van der Waals surface area contributed by atoms with Gasteiger partial charge in [-0.2, -0.15) is 0 Å². The van der Waals surface area contributed by atoms with Gasteiger partial charge in [-0.3, -0.25) is 4.79 Å². The van der Waals surface area contributed by atoms with E-state index < -0.39 is 21.9 Å². The predicted molar refractivity (Wildman–Crippen MR) is 74.2 cm³/mol. The molecule has 0 aliphatic rings. The third-order valence-electron chi connectivity index (χ3n) is 2.89. The molecule has 1 unspecified atom stereocenters. The van der Waals surface area contributed by atoms with Crippen LogP contribution in [0.15, 0.2) is 29.2 Å². The van der Waals surface area contributed by atoms with E-state index in [1.807, 2.05) is 0 Å². The molecule has 1 atom stereocenters. The van der Waals surface area contributed by atoms with E-state index >= 15 is 0 Å². The molecule has 0 saturated carbocycles. The zero-order valence-corrected chi connectivity index (χ0v) is 12.3. The number of para-hydroxylation sites is 1. The van der Waals surface area contributed by atoms with Crippen LogP contribution in [0.25, 0.3) is 0 Å². The van der Waals surface area contributed by atoms with Crippen molar-refractivity contribution in [2.45, 2.75) is 24.7 Å². The Hall–Kier alpha value is -1.60. The van der Waals surface area contributed by atoms with E-state index in [0.29, 0.717) is 12.8 Å². The van der Waals surface area contributed by atoms with Gasteiger partial charge in [0.05, 0.1) is 13.0 Å². The molecule has 0 aliphatic heterocycles. The highest BCUT2D eigenvalue weighted by Gasteiger charge is 2.18. The monoisotopic (exact) mass is 301 g/mol. The average Bonchev–Trinajstić information content (AvgIpc) is 2.43. The summed E-state index contributed by atoms with van der Waals surface area (Å²) in [5.41, 5.74) is 0. The van der Waals surface area contributed by atoms with Crippen molar-refractivity contribution in [1.82, 2.24) is 4.72 Å². The maximum absolute atomic E-state index is 12.1. The van der Waals surface area contributed by atoms with E-state index in [2.05, 4.69) is 4.72 Å². The molecule has 0 heterocycles. The molecule has 0 amide bonds. The number of rotatable bonds is 8. The average molecular weight is 301 g/mol. The Morgan fingerprint density at radius 3 is 2.65 bits per heavy atom. The smallest absolute Gasteiger partial charge is 0.306 e. The minimum Gasteiger partial charge on any atom is -0.495 e. The van der Waals surface area contributed by atoms with E-state index in [4.69, 9.17) is 9.84 Å². The number of hydrogen-bond donors (Lipinski definition) is 2. The van der Waals surface area contributed by atoms with Crippen molar-refractivity contribution in [2.24, 2.45) is 5.92 Å². The lowest BCUT2D eigenvalue weighted by Crippen LogP contribution is -2.26. The molecule has 0 spiro atoms. The Morgan fingerprint density at radius 2 is 2.05 bits per heavy atom. The first-order valence-corrected chi connectivity index (χ1v) is 7.72. The summed E-state index contributed by atoms with van der Waals surface area (Å²) in [4.78, 5) is 10.7. The second-order valence-electron chi connectivity index (χ2n) is 4.43. The van der Waals surface area contributed by atoms with Gasteiger partial charge in [-0.1, -0.05) is 19.1 Å². The van der Waals surface area contributed by atoms with Crippen LogP contribution in [0.3, 0.4) is 0 Å². The summed E-state index contributed by atoms with van der Waals surface area (Å²) < 4.78 is 31.6. The van der Waals surface area contributed by atoms with E-state index in [-0.39, 0.29) is 17.2 Å². The van der Waals surface area contributed by atoms with E-state index in [9.17, 15) is 13.2 Å². The molecule has 1 rings (SSSR count). The van der Waals surface area contributed by atoms with Crippen molar-refractivity contribution >= 4 is 16.0 Å². The maximum Gasteiger partial charge on any atom is 0.306 e. The highest BCUT2D eigenvalue weighted by atomic mass is 32.2. The lowest BCUT2D eigenvalue weighted by atomic mass is 10.1. The Morgan fingerprint density at radius 1 is 1.40 bits per heavy atom. The third kappa shape index (κ3) is 4.50. The minimum absolute atomic E-state index is 0.0776. The predicted octanol–water partition coefficient (Wildman–Crippen LogP) is 1.47. The zero-order chi connectivity index (χ0) is 15.2. The molecule has 7 heteroatoms. The van der Waals surface area contributed by atoms with Crippen LogP contribution in [-0.4, -0.2) is 33.1 Å². The number of carbonyl (C=O) groups is 1. The molecule has 0 radical (unpaired) electrons. The van der Waals surface area contributed by atoms with Gasteiger partial charge in [0.2, 0.25) is 10.0 Å². The van der Waals surface area contributed by atoms with Crippen LogP contribution in [0.2, 0.25) is 0 Å². The molecule has 1 aromatic carbocycles. The number of sulfonamides is 1. The molecule has 6 nitrogen and oxygen atoms in total. The zero-order valence-electron chi connectivity index (χ0n) is 11.5. The number of nitrogens with one attached hydrogen (secondary N) is 1. The third-order valence-corrected chi connectivity index (χ3v) is 4.39. The number of ether oxygens (including phenoxy) is 1. The number of hydrogen-bond acceptors (Lipinski definition) is 4. The lowest BCUT2D eigenvalue weighted by Gasteiger charge is -2.11. The summed E-state index contributed by atoms with van der Waals surface area (Å²) in [7, 11) is -2.24. The van der Waals surface area contributed by atoms with Crippen LogP contribution < -0.4 is 9.46 Å². The van der Waals surface area contributed by atoms with Gasteiger partial charge in [0.1, 0.15) is 10.6 Å². The van der Waals surface area contributed by atoms with E-state index in [0.717, 1.165) is 0 Å². The van der Waals surface area contributed by atoms with Crippen LogP contribution in [0.1, 0.15) is 19.8 Å². The molecule has 1 aromatic rings. The van der Waals surface area contributed by atoms with Crippen molar-refractivity contribution in [3.05, 3.63) is 24.3 Å². The van der Waals surface area contributed by atoms with Gasteiger partial charge in [0, 0.05) is 6.54 Å². The van der Waals surface area contributed by atoms with Gasteiger partial charge < -0.3 is 9.84 Å². The van der Waals surface area contributed by atoms with E-state index in [1.165, 1.54) is 13.2 Å². The van der Waals surface area contributed by atoms with Crippen molar-refractivity contribution in [1.29, 1.82) is 0 Å². The highest BCUT2D eigenvalue weighted by Crippen LogP contribution is 2.22. The molecule has 0 bridgehead atoms. The normalized spacial score (nSPS) is 12.9. The van der Waals surface area contributed by atoms with Crippen LogP contribution in [0.4, 0.5) is 0 Å². The molecule has 2 N–H and O–H groups in total. The standard InChI is InChI=1S/C13H19NO5S/c1-10(13(15)16)6-5-9-14-20(17,18)12-8-4-3-7-11(12)19-2/h3-4,7-8,10,14H,5-6,9H2,1-2H3,(H,15,16). The van der Waals surface area contributed by atoms with Gasteiger partial charge >= 0.3 is 5.97 Å². The largest absolute Gasteiger partial charge is 0.495 e. The summed E-state index contributed by atoms with van der Waals surface area (Å²) in [5.74, 6) is -1.08. The van der Waals surface area contributed by atoms with Crippen LogP contribution in [-0.2, 0) is 14.8 Å². The molecule has 0 saturated heterocycles. The lowest BCUT2D eigenvalue weighted by molar-refractivity contribution is -0.141. The van der Waals surface area contributed by atoms with Crippen LogP contribution >= 0.6 is 0 Å². The number of carboxylic acids is 1. The Kier molecular flexibility index (Phi) is 5.97. The number of benzene rings is 1. The van der Waals surface area contributed by atoms with E-state index in [1.54, 1.807) is 25.1 Å². The van der Waals surface area contributed by atoms with Gasteiger partial charge in [0.15, 0.2) is 0 Å². The second kappa shape index (κ2) is 7.25. The summed E-state index contributed by atoms with van der Waals surface area (Å²) in [5, 5.41) is 8.73. The molecule has 20 heavy (non-hydrogen) atoms. The Labute approximate surface area is 118 Å². The van der Waals surface area contributed by atoms with Gasteiger partial charge in [-0.05, 0) is 25.0 Å². The summed E-state index contributed by atoms with van der Waals surface area (Å²) >= 11 is 0. The number of methoxy groups -OCH3 is 1. The van der Waals surface area contributed by atoms with Crippen molar-refractivity contribution in [3.8, 4) is 5.75 Å². The van der Waals surface area contributed by atoms with Crippen molar-refractivity contribution in [3.63, 3.8) is 0 Å². The fourth-order valence-electron chi connectivity index (χ4n) is 1.66. The SMILES string of the molecule is COc1ccccc1S(=O)(=O)NCCCC(C)C(=O)O. The molecule has 0 aromatic heterocycles. The second-order valence-corrected chi connectivity index (χ2v) is 6.17. The van der Waals surface area contributed by atoms with Crippen LogP contribution in [0, 0.1) is 5.92 Å². The number of aliphatic carboxylic acids is 1. The summed E-state index contributed by atoms with van der Waals surface area (Å²) in [6, 6.07) is 6.33. The maximum atomic E-state index is 12.1. The molecular formula is C13H19NO5S. The molecule has 112 valence electrons. The topological polar surface area (TPSA) is 92.7 Å². The first-order chi connectivity index (χ1) is 9.38. The van der Waals surface area contributed by atoms with Crippen LogP contribution in [0.5, 0.6) is 5.75 Å². The highest BCUT2D eigenvalue weighted by molar-refractivity contribution is 7.89. The molecular weight excluding hydrogens is 282 g/mol. The summed E-state index contributed by atoms with van der Waals surface area (Å²) in [6.45, 7) is 1.79. The molecule has 0 fully saturated rings. The van der Waals surface area contributed by atoms with Crippen molar-refractivity contribution < 1.29 is 23.1 Å². The van der Waals surface area contributed by atoms with Gasteiger partial charge in [-0.25, -0.2) is 13.1 Å². The quantitative estimate of drug-likeness (QED) is 0.709. The van der Waals surface area contributed by atoms with Gasteiger partial charge in [-0.15, -0.1) is 0 Å². The fraction of sp³-hybridized carbons (Fsp3) is 0.462. The minimum atomic E-state index is -3.64. The Balaban J connectivity index is 2.60. The number of carboxylic acid groups (broad SMARTS) is 1. The molecule has 0 aliphatic carbocycles. The summed E-state index contributed by atoms with van der Waals surface area (Å²) in [6.07, 6.45) is 0.881. The Bertz CT molecular complexity index is 556. The van der Waals surface area contributed by atoms with Crippen molar-refractivity contribution in [2.75, 3.05) is 13.7 Å². The fourth-order valence-corrected chi connectivity index (χ4v) is 2.90. The first-order valence-electron chi connectivity index (χ1n) is 6.24. The van der Waals surface area contributed by atoms with Gasteiger partial charge in [0.25, 0.3) is 0 Å².